The molecule has 0 atom stereocenters. The third-order valence-corrected chi connectivity index (χ3v) is 4.53. The minimum Gasteiger partial charge on any atom is -0.457 e. The summed E-state index contributed by atoms with van der Waals surface area (Å²) < 4.78 is 5.29. The normalized spacial score (nSPS) is 19.5. The van der Waals surface area contributed by atoms with Gasteiger partial charge in [-0.3, -0.25) is 0 Å². The molecule has 0 amide bonds. The van der Waals surface area contributed by atoms with Gasteiger partial charge in [-0.15, -0.1) is 0 Å². The van der Waals surface area contributed by atoms with Crippen LogP contribution in [-0.4, -0.2) is 11.6 Å². The summed E-state index contributed by atoms with van der Waals surface area (Å²) >= 11 is 0. The summed E-state index contributed by atoms with van der Waals surface area (Å²) in [5, 5.41) is 0. The van der Waals surface area contributed by atoms with Crippen molar-refractivity contribution in [1.29, 1.82) is 0 Å². The van der Waals surface area contributed by atoms with E-state index in [4.69, 9.17) is 4.74 Å². The second-order valence-corrected chi connectivity index (χ2v) is 8.96. The molecule has 1 rings (SSSR count). The van der Waals surface area contributed by atoms with Crippen molar-refractivity contribution in [2.45, 2.75) is 80.3 Å². The molecule has 0 aromatic rings. The Balaban J connectivity index is 2.73. The zero-order valence-electron chi connectivity index (χ0n) is 17.9. The Morgan fingerprint density at radius 2 is 1.77 bits per heavy atom. The van der Waals surface area contributed by atoms with Crippen molar-refractivity contribution in [3.05, 3.63) is 58.7 Å². The number of carbonyl (C=O) groups excluding carboxylic acids is 1. The maximum atomic E-state index is 11.8. The number of esters is 1. The molecule has 0 aliphatic heterocycles. The van der Waals surface area contributed by atoms with Gasteiger partial charge in [0, 0.05) is 6.08 Å². The van der Waals surface area contributed by atoms with Crippen molar-refractivity contribution in [2.24, 2.45) is 5.41 Å². The van der Waals surface area contributed by atoms with E-state index < -0.39 is 5.60 Å². The van der Waals surface area contributed by atoms with E-state index in [0.29, 0.717) is 0 Å². The van der Waals surface area contributed by atoms with Crippen molar-refractivity contribution in [3.8, 4) is 0 Å². The SMILES string of the molecule is CC1=C(/C=C/C(C)=C/C=C/C(C)=C/C(=O)OC(C)(C)C)C(C)(C)CCC1. The first-order chi connectivity index (χ1) is 11.9. The van der Waals surface area contributed by atoms with E-state index in [1.807, 2.05) is 39.8 Å². The zero-order chi connectivity index (χ0) is 20.0. The lowest BCUT2D eigenvalue weighted by Gasteiger charge is -2.32. The summed E-state index contributed by atoms with van der Waals surface area (Å²) in [6.07, 6.45) is 15.7. The first-order valence-electron chi connectivity index (χ1n) is 9.55. The predicted octanol–water partition coefficient (Wildman–Crippen LogP) is 6.86. The minimum atomic E-state index is -0.460. The summed E-state index contributed by atoms with van der Waals surface area (Å²) in [6.45, 7) is 16.5. The van der Waals surface area contributed by atoms with Crippen LogP contribution in [0.1, 0.15) is 74.7 Å². The molecule has 1 aliphatic rings. The summed E-state index contributed by atoms with van der Waals surface area (Å²) in [5.41, 5.74) is 4.85. The van der Waals surface area contributed by atoms with Gasteiger partial charge in [0.1, 0.15) is 5.60 Å². The van der Waals surface area contributed by atoms with Crippen LogP contribution in [0.5, 0.6) is 0 Å². The first-order valence-corrected chi connectivity index (χ1v) is 9.55. The van der Waals surface area contributed by atoms with Gasteiger partial charge in [-0.1, -0.05) is 55.4 Å². The van der Waals surface area contributed by atoms with Gasteiger partial charge in [0.15, 0.2) is 0 Å². The molecule has 0 saturated heterocycles. The van der Waals surface area contributed by atoms with Gasteiger partial charge in [0.25, 0.3) is 0 Å². The van der Waals surface area contributed by atoms with Gasteiger partial charge >= 0.3 is 5.97 Å². The Kier molecular flexibility index (Phi) is 7.87. The molecule has 144 valence electrons. The summed E-state index contributed by atoms with van der Waals surface area (Å²) in [6, 6.07) is 0. The van der Waals surface area contributed by atoms with Crippen LogP contribution in [0.15, 0.2) is 58.7 Å². The van der Waals surface area contributed by atoms with E-state index in [1.165, 1.54) is 42.1 Å². The van der Waals surface area contributed by atoms with Crippen LogP contribution in [0.25, 0.3) is 0 Å². The van der Waals surface area contributed by atoms with Gasteiger partial charge in [-0.2, -0.15) is 0 Å². The van der Waals surface area contributed by atoms with Crippen LogP contribution in [0.2, 0.25) is 0 Å². The molecule has 0 heterocycles. The number of carbonyl (C=O) groups is 1. The van der Waals surface area contributed by atoms with E-state index >= 15 is 0 Å². The lowest BCUT2D eigenvalue weighted by molar-refractivity contribution is -0.148. The fourth-order valence-corrected chi connectivity index (χ4v) is 3.20. The average molecular weight is 357 g/mol. The highest BCUT2D eigenvalue weighted by Crippen LogP contribution is 2.40. The van der Waals surface area contributed by atoms with Crippen molar-refractivity contribution >= 4 is 5.97 Å². The fraction of sp³-hybridized carbons (Fsp3) is 0.542. The summed E-state index contributed by atoms with van der Waals surface area (Å²) in [7, 11) is 0. The Bertz CT molecular complexity index is 659. The first kappa shape index (κ1) is 22.2. The van der Waals surface area contributed by atoms with Crippen molar-refractivity contribution in [1.82, 2.24) is 0 Å². The molecule has 0 radical (unpaired) electrons. The third kappa shape index (κ3) is 8.03. The number of hydrogen-bond donors (Lipinski definition) is 0. The number of hydrogen-bond acceptors (Lipinski definition) is 2. The third-order valence-electron chi connectivity index (χ3n) is 4.53. The largest absolute Gasteiger partial charge is 0.457 e. The number of rotatable bonds is 5. The molecule has 0 fully saturated rings. The molecule has 1 aliphatic carbocycles. The second kappa shape index (κ2) is 9.21. The van der Waals surface area contributed by atoms with Crippen LogP contribution in [0.4, 0.5) is 0 Å². The molecule has 2 heteroatoms. The second-order valence-electron chi connectivity index (χ2n) is 8.96. The van der Waals surface area contributed by atoms with Crippen LogP contribution >= 0.6 is 0 Å². The average Bonchev–Trinajstić information content (AvgIpc) is 2.43. The highest BCUT2D eigenvalue weighted by molar-refractivity contribution is 5.83. The molecule has 0 saturated carbocycles. The highest BCUT2D eigenvalue weighted by Gasteiger charge is 2.26. The van der Waals surface area contributed by atoms with Crippen LogP contribution in [-0.2, 0) is 9.53 Å². The maximum absolute atomic E-state index is 11.8. The smallest absolute Gasteiger partial charge is 0.331 e. The molecule has 0 unspecified atom stereocenters. The van der Waals surface area contributed by atoms with Gasteiger partial charge in [0.05, 0.1) is 0 Å². The van der Waals surface area contributed by atoms with Crippen molar-refractivity contribution in [2.75, 3.05) is 0 Å². The van der Waals surface area contributed by atoms with Crippen molar-refractivity contribution < 1.29 is 9.53 Å². The van der Waals surface area contributed by atoms with Crippen molar-refractivity contribution in [3.63, 3.8) is 0 Å². The summed E-state index contributed by atoms with van der Waals surface area (Å²) in [5.74, 6) is -0.304. The van der Waals surface area contributed by atoms with Gasteiger partial charge in [0.2, 0.25) is 0 Å². The Hall–Kier alpha value is -1.83. The molecule has 0 N–H and O–H groups in total. The topological polar surface area (TPSA) is 26.3 Å². The van der Waals surface area contributed by atoms with E-state index in [1.54, 1.807) is 0 Å². The molecule has 0 aromatic heterocycles. The monoisotopic (exact) mass is 356 g/mol. The fourth-order valence-electron chi connectivity index (χ4n) is 3.20. The van der Waals surface area contributed by atoms with E-state index in [9.17, 15) is 4.79 Å². The summed E-state index contributed by atoms with van der Waals surface area (Å²) in [4.78, 5) is 11.8. The van der Waals surface area contributed by atoms with Crippen LogP contribution < -0.4 is 0 Å². The Morgan fingerprint density at radius 1 is 1.12 bits per heavy atom. The molecule has 0 aromatic carbocycles. The van der Waals surface area contributed by atoms with Crippen LogP contribution in [0, 0.1) is 5.41 Å². The Labute approximate surface area is 160 Å². The van der Waals surface area contributed by atoms with E-state index in [-0.39, 0.29) is 11.4 Å². The van der Waals surface area contributed by atoms with Gasteiger partial charge < -0.3 is 4.74 Å². The molecular weight excluding hydrogens is 320 g/mol. The molecule has 26 heavy (non-hydrogen) atoms. The van der Waals surface area contributed by atoms with E-state index in [0.717, 1.165) is 5.57 Å². The lowest BCUT2D eigenvalue weighted by atomic mass is 9.72. The number of allylic oxidation sites excluding steroid dienone is 9. The molecule has 2 nitrogen and oxygen atoms in total. The molecular formula is C24H36O2. The quantitative estimate of drug-likeness (QED) is 0.305. The molecule has 0 bridgehead atoms. The minimum absolute atomic E-state index is 0.266. The van der Waals surface area contributed by atoms with Gasteiger partial charge in [-0.25, -0.2) is 4.79 Å². The van der Waals surface area contributed by atoms with Gasteiger partial charge in [-0.05, 0) is 77.4 Å². The zero-order valence-corrected chi connectivity index (χ0v) is 17.9. The number of ether oxygens (including phenoxy) is 1. The maximum Gasteiger partial charge on any atom is 0.331 e. The standard InChI is InChI=1S/C24H36O2/c1-18(14-15-21-20(3)13-10-16-24(21,7)8)11-9-12-19(2)17-22(25)26-23(4,5)6/h9,11-12,14-15,17H,10,13,16H2,1-8H3/b12-9+,15-14+,18-11+,19-17+. The lowest BCUT2D eigenvalue weighted by Crippen LogP contribution is -2.22. The Morgan fingerprint density at radius 3 is 2.35 bits per heavy atom. The van der Waals surface area contributed by atoms with Crippen LogP contribution in [0.3, 0.4) is 0 Å². The van der Waals surface area contributed by atoms with E-state index in [2.05, 4.69) is 45.9 Å². The highest BCUT2D eigenvalue weighted by atomic mass is 16.6. The predicted molar refractivity (Wildman–Crippen MR) is 112 cm³/mol. The molecule has 0 spiro atoms.